The van der Waals surface area contributed by atoms with Gasteiger partial charge in [-0.05, 0) is 42.5 Å². The molecule has 2 aromatic carbocycles. The fraction of sp³-hybridized carbons (Fsp3) is 0.100. The molecule has 1 amide bonds. The van der Waals surface area contributed by atoms with Crippen molar-refractivity contribution in [3.8, 4) is 11.5 Å². The minimum atomic E-state index is -0.362. The van der Waals surface area contributed by atoms with Gasteiger partial charge in [-0.15, -0.1) is 0 Å². The third-order valence-electron chi connectivity index (χ3n) is 3.79. The predicted molar refractivity (Wildman–Crippen MR) is 106 cm³/mol. The van der Waals surface area contributed by atoms with Gasteiger partial charge in [0.05, 0.1) is 37.5 Å². The number of hydrogen-bond donors (Lipinski definition) is 2. The van der Waals surface area contributed by atoms with Gasteiger partial charge in [0.1, 0.15) is 17.2 Å². The Morgan fingerprint density at radius 2 is 1.70 bits per heavy atom. The molecule has 0 bridgehead atoms. The van der Waals surface area contributed by atoms with Crippen molar-refractivity contribution >= 4 is 34.6 Å². The number of halogens is 1. The van der Waals surface area contributed by atoms with E-state index in [0.717, 1.165) is 11.4 Å². The second-order valence-corrected chi connectivity index (χ2v) is 5.99. The van der Waals surface area contributed by atoms with Crippen molar-refractivity contribution in [3.05, 3.63) is 71.5 Å². The SMILES string of the molecule is COc1ccc(Cl)cc1NC(=O)c1ccc(Nc2ccccc2OC)cn1. The van der Waals surface area contributed by atoms with Crippen LogP contribution in [0.2, 0.25) is 5.02 Å². The third-order valence-corrected chi connectivity index (χ3v) is 4.03. The first-order valence-electron chi connectivity index (χ1n) is 8.11. The van der Waals surface area contributed by atoms with Crippen LogP contribution in [0.3, 0.4) is 0 Å². The molecule has 0 spiro atoms. The number of nitrogens with one attached hydrogen (secondary N) is 2. The zero-order valence-electron chi connectivity index (χ0n) is 14.8. The van der Waals surface area contributed by atoms with E-state index in [1.807, 2.05) is 24.3 Å². The summed E-state index contributed by atoms with van der Waals surface area (Å²) in [4.78, 5) is 16.7. The normalized spacial score (nSPS) is 10.2. The highest BCUT2D eigenvalue weighted by Crippen LogP contribution is 2.29. The smallest absolute Gasteiger partial charge is 0.274 e. The van der Waals surface area contributed by atoms with Gasteiger partial charge in [-0.2, -0.15) is 0 Å². The average molecular weight is 384 g/mol. The number of carbonyl (C=O) groups is 1. The van der Waals surface area contributed by atoms with E-state index in [1.165, 1.54) is 7.11 Å². The van der Waals surface area contributed by atoms with Gasteiger partial charge in [-0.1, -0.05) is 23.7 Å². The molecule has 0 atom stereocenters. The summed E-state index contributed by atoms with van der Waals surface area (Å²) in [5, 5.41) is 6.46. The number of nitrogens with zero attached hydrogens (tertiary/aromatic N) is 1. The highest BCUT2D eigenvalue weighted by molar-refractivity contribution is 6.31. The Morgan fingerprint density at radius 1 is 0.963 bits per heavy atom. The van der Waals surface area contributed by atoms with Crippen molar-refractivity contribution in [1.82, 2.24) is 4.98 Å². The zero-order valence-corrected chi connectivity index (χ0v) is 15.6. The van der Waals surface area contributed by atoms with E-state index >= 15 is 0 Å². The van der Waals surface area contributed by atoms with Crippen LogP contribution in [0.15, 0.2) is 60.8 Å². The Bertz CT molecular complexity index is 945. The molecule has 0 aliphatic heterocycles. The lowest BCUT2D eigenvalue weighted by Gasteiger charge is -2.12. The fourth-order valence-corrected chi connectivity index (χ4v) is 2.64. The molecule has 0 aliphatic rings. The number of carbonyl (C=O) groups excluding carboxylic acids is 1. The minimum Gasteiger partial charge on any atom is -0.495 e. The molecule has 6 nitrogen and oxygen atoms in total. The minimum absolute atomic E-state index is 0.266. The zero-order chi connectivity index (χ0) is 19.2. The Morgan fingerprint density at radius 3 is 2.41 bits per heavy atom. The van der Waals surface area contributed by atoms with Crippen LogP contribution in [-0.4, -0.2) is 25.1 Å². The molecular formula is C20H18ClN3O3. The molecule has 0 unspecified atom stereocenters. The second kappa shape index (κ2) is 8.42. The lowest BCUT2D eigenvalue weighted by molar-refractivity contribution is 0.102. The summed E-state index contributed by atoms with van der Waals surface area (Å²) in [7, 11) is 3.13. The van der Waals surface area contributed by atoms with E-state index < -0.39 is 0 Å². The quantitative estimate of drug-likeness (QED) is 0.642. The van der Waals surface area contributed by atoms with E-state index in [2.05, 4.69) is 15.6 Å². The highest BCUT2D eigenvalue weighted by atomic mass is 35.5. The second-order valence-electron chi connectivity index (χ2n) is 5.56. The summed E-state index contributed by atoms with van der Waals surface area (Å²) in [6.45, 7) is 0. The van der Waals surface area contributed by atoms with Crippen molar-refractivity contribution in [2.45, 2.75) is 0 Å². The first kappa shape index (κ1) is 18.5. The van der Waals surface area contributed by atoms with Crippen LogP contribution in [0, 0.1) is 0 Å². The van der Waals surface area contributed by atoms with Crippen LogP contribution in [-0.2, 0) is 0 Å². The van der Waals surface area contributed by atoms with Crippen molar-refractivity contribution in [2.75, 3.05) is 24.9 Å². The topological polar surface area (TPSA) is 72.5 Å². The van der Waals surface area contributed by atoms with Crippen LogP contribution in [0.5, 0.6) is 11.5 Å². The van der Waals surface area contributed by atoms with Crippen molar-refractivity contribution in [1.29, 1.82) is 0 Å². The number of ether oxygens (including phenoxy) is 2. The van der Waals surface area contributed by atoms with Crippen LogP contribution >= 0.6 is 11.6 Å². The summed E-state index contributed by atoms with van der Waals surface area (Å²) < 4.78 is 10.5. The van der Waals surface area contributed by atoms with Crippen LogP contribution in [0.4, 0.5) is 17.1 Å². The summed E-state index contributed by atoms with van der Waals surface area (Å²) >= 11 is 5.98. The van der Waals surface area contributed by atoms with E-state index in [9.17, 15) is 4.79 Å². The molecule has 1 heterocycles. The Labute approximate surface area is 162 Å². The van der Waals surface area contributed by atoms with Crippen molar-refractivity contribution in [2.24, 2.45) is 0 Å². The van der Waals surface area contributed by atoms with Gasteiger partial charge >= 0.3 is 0 Å². The largest absolute Gasteiger partial charge is 0.495 e. The van der Waals surface area contributed by atoms with Gasteiger partial charge in [0, 0.05) is 5.02 Å². The highest BCUT2D eigenvalue weighted by Gasteiger charge is 2.12. The molecule has 7 heteroatoms. The maximum absolute atomic E-state index is 12.5. The molecule has 0 saturated carbocycles. The van der Waals surface area contributed by atoms with Gasteiger partial charge in [0.2, 0.25) is 0 Å². The van der Waals surface area contributed by atoms with Gasteiger partial charge in [-0.25, -0.2) is 4.98 Å². The number of pyridine rings is 1. The number of aromatic nitrogens is 1. The number of hydrogen-bond acceptors (Lipinski definition) is 5. The Balaban J connectivity index is 1.73. The molecule has 3 rings (SSSR count). The van der Waals surface area contributed by atoms with Gasteiger partial charge in [-0.3, -0.25) is 4.79 Å². The summed E-state index contributed by atoms with van der Waals surface area (Å²) in [6.07, 6.45) is 1.58. The van der Waals surface area contributed by atoms with Crippen LogP contribution in [0.1, 0.15) is 10.5 Å². The number of amides is 1. The molecule has 3 aromatic rings. The number of para-hydroxylation sites is 2. The molecular weight excluding hydrogens is 366 g/mol. The number of methoxy groups -OCH3 is 2. The van der Waals surface area contributed by atoms with Gasteiger partial charge in [0.25, 0.3) is 5.91 Å². The molecule has 0 saturated heterocycles. The maximum atomic E-state index is 12.5. The summed E-state index contributed by atoms with van der Waals surface area (Å²) in [6, 6.07) is 15.9. The van der Waals surface area contributed by atoms with E-state index in [-0.39, 0.29) is 11.6 Å². The molecule has 0 fully saturated rings. The van der Waals surface area contributed by atoms with Crippen molar-refractivity contribution in [3.63, 3.8) is 0 Å². The third kappa shape index (κ3) is 4.48. The Kier molecular flexibility index (Phi) is 5.78. The molecule has 27 heavy (non-hydrogen) atoms. The lowest BCUT2D eigenvalue weighted by atomic mass is 10.2. The maximum Gasteiger partial charge on any atom is 0.274 e. The van der Waals surface area contributed by atoms with Crippen LogP contribution in [0.25, 0.3) is 0 Å². The first-order valence-corrected chi connectivity index (χ1v) is 8.49. The number of rotatable bonds is 6. The monoisotopic (exact) mass is 383 g/mol. The van der Waals surface area contributed by atoms with Crippen LogP contribution < -0.4 is 20.1 Å². The molecule has 2 N–H and O–H groups in total. The van der Waals surface area contributed by atoms with Gasteiger partial charge in [0.15, 0.2) is 0 Å². The van der Waals surface area contributed by atoms with E-state index in [1.54, 1.807) is 43.6 Å². The predicted octanol–water partition coefficient (Wildman–Crippen LogP) is 4.75. The van der Waals surface area contributed by atoms with E-state index in [4.69, 9.17) is 21.1 Å². The lowest BCUT2D eigenvalue weighted by Crippen LogP contribution is -2.14. The molecule has 0 aliphatic carbocycles. The standard InChI is InChI=1S/C20H18ClN3O3/c1-26-18-6-4-3-5-15(18)23-14-8-9-16(22-12-14)20(25)24-17-11-13(21)7-10-19(17)27-2/h3-12,23H,1-2H3,(H,24,25). The Hall–Kier alpha value is -3.25. The first-order chi connectivity index (χ1) is 13.1. The van der Waals surface area contributed by atoms with E-state index in [0.29, 0.717) is 22.2 Å². The molecule has 1 aromatic heterocycles. The number of benzene rings is 2. The summed E-state index contributed by atoms with van der Waals surface area (Å²) in [5.74, 6) is 0.869. The number of anilines is 3. The average Bonchev–Trinajstić information content (AvgIpc) is 2.69. The molecule has 0 radical (unpaired) electrons. The van der Waals surface area contributed by atoms with Crippen molar-refractivity contribution < 1.29 is 14.3 Å². The fourth-order valence-electron chi connectivity index (χ4n) is 2.47. The van der Waals surface area contributed by atoms with Gasteiger partial charge < -0.3 is 20.1 Å². The molecule has 138 valence electrons. The summed E-state index contributed by atoms with van der Waals surface area (Å²) in [5.41, 5.74) is 2.29.